The zero-order chi connectivity index (χ0) is 8.81. The fraction of sp³-hybridized carbons (Fsp3) is 0.556. The summed E-state index contributed by atoms with van der Waals surface area (Å²) in [5.74, 6) is 1.53. The topological polar surface area (TPSA) is 35.0 Å². The van der Waals surface area contributed by atoms with E-state index in [9.17, 15) is 0 Å². The van der Waals surface area contributed by atoms with Gasteiger partial charge in [0, 0.05) is 0 Å². The van der Waals surface area contributed by atoms with Crippen LogP contribution >= 0.6 is 0 Å². The van der Waals surface area contributed by atoms with Crippen molar-refractivity contribution in [2.75, 3.05) is 6.61 Å². The maximum Gasteiger partial charge on any atom is 0.155 e. The van der Waals surface area contributed by atoms with Gasteiger partial charge in [0.25, 0.3) is 0 Å². The first-order chi connectivity index (χ1) is 5.83. The Labute approximate surface area is 72.8 Å². The third kappa shape index (κ3) is 2.86. The Morgan fingerprint density at radius 2 is 2.00 bits per heavy atom. The van der Waals surface area contributed by atoms with Gasteiger partial charge in [-0.15, -0.1) is 0 Å². The molecule has 3 nitrogen and oxygen atoms in total. The predicted octanol–water partition coefficient (Wildman–Crippen LogP) is 1.96. The van der Waals surface area contributed by atoms with E-state index in [4.69, 9.17) is 4.74 Å². The summed E-state index contributed by atoms with van der Waals surface area (Å²) in [6.45, 7) is 4.74. The van der Waals surface area contributed by atoms with E-state index in [1.165, 1.54) is 0 Å². The third-order valence-corrected chi connectivity index (χ3v) is 1.52. The molecule has 1 rings (SSSR count). The van der Waals surface area contributed by atoms with Gasteiger partial charge in [-0.1, -0.05) is 13.3 Å². The van der Waals surface area contributed by atoms with Gasteiger partial charge in [-0.3, -0.25) is 0 Å². The second-order valence-corrected chi connectivity index (χ2v) is 2.67. The van der Waals surface area contributed by atoms with Gasteiger partial charge < -0.3 is 4.74 Å². The molecule has 1 heterocycles. The van der Waals surface area contributed by atoms with Crippen molar-refractivity contribution < 1.29 is 4.74 Å². The average molecular weight is 166 g/mol. The summed E-state index contributed by atoms with van der Waals surface area (Å²) in [6, 6.07) is 0. The number of hydrogen-bond acceptors (Lipinski definition) is 3. The number of ether oxygens (including phenoxy) is 1. The molecule has 0 unspecified atom stereocenters. The maximum atomic E-state index is 5.38. The smallest absolute Gasteiger partial charge is 0.155 e. The molecule has 0 atom stereocenters. The highest BCUT2D eigenvalue weighted by atomic mass is 16.5. The lowest BCUT2D eigenvalue weighted by atomic mass is 10.4. The van der Waals surface area contributed by atoms with Crippen LogP contribution in [-0.4, -0.2) is 16.6 Å². The number of aromatic nitrogens is 2. The van der Waals surface area contributed by atoms with E-state index >= 15 is 0 Å². The first kappa shape index (κ1) is 8.97. The highest BCUT2D eigenvalue weighted by molar-refractivity contribution is 5.11. The summed E-state index contributed by atoms with van der Waals surface area (Å²) in [5, 5.41) is 0. The van der Waals surface area contributed by atoms with Crippen molar-refractivity contribution >= 4 is 0 Å². The zero-order valence-electron chi connectivity index (χ0n) is 7.58. The van der Waals surface area contributed by atoms with Gasteiger partial charge in [0.15, 0.2) is 5.75 Å². The van der Waals surface area contributed by atoms with Crippen LogP contribution in [0.3, 0.4) is 0 Å². The molecule has 3 heteroatoms. The molecule has 0 spiro atoms. The van der Waals surface area contributed by atoms with Crippen LogP contribution in [-0.2, 0) is 0 Å². The summed E-state index contributed by atoms with van der Waals surface area (Å²) in [4.78, 5) is 8.04. The Balaban J connectivity index is 2.37. The molecule has 0 bridgehead atoms. The van der Waals surface area contributed by atoms with Crippen molar-refractivity contribution in [3.05, 3.63) is 18.2 Å². The average Bonchev–Trinajstić information content (AvgIpc) is 2.09. The zero-order valence-corrected chi connectivity index (χ0v) is 7.58. The van der Waals surface area contributed by atoms with Crippen LogP contribution in [0.2, 0.25) is 0 Å². The summed E-state index contributed by atoms with van der Waals surface area (Å²) < 4.78 is 5.38. The van der Waals surface area contributed by atoms with Crippen LogP contribution in [0.5, 0.6) is 5.75 Å². The van der Waals surface area contributed by atoms with E-state index in [0.717, 1.165) is 31.0 Å². The fourth-order valence-corrected chi connectivity index (χ4v) is 0.790. The van der Waals surface area contributed by atoms with Crippen LogP contribution in [0.25, 0.3) is 0 Å². The minimum Gasteiger partial charge on any atom is -0.490 e. The first-order valence-electron chi connectivity index (χ1n) is 4.24. The number of rotatable bonds is 4. The van der Waals surface area contributed by atoms with Gasteiger partial charge in [-0.2, -0.15) is 0 Å². The Morgan fingerprint density at radius 1 is 1.33 bits per heavy atom. The molecule has 0 fully saturated rings. The largest absolute Gasteiger partial charge is 0.490 e. The Morgan fingerprint density at radius 3 is 2.58 bits per heavy atom. The van der Waals surface area contributed by atoms with Crippen LogP contribution in [0, 0.1) is 6.92 Å². The molecule has 0 aromatic carbocycles. The van der Waals surface area contributed by atoms with Crippen molar-refractivity contribution in [2.45, 2.75) is 26.7 Å². The molecular formula is C9H14N2O. The normalized spacial score (nSPS) is 9.83. The van der Waals surface area contributed by atoms with Crippen molar-refractivity contribution in [2.24, 2.45) is 0 Å². The lowest BCUT2D eigenvalue weighted by molar-refractivity contribution is 0.306. The number of aryl methyl sites for hydroxylation is 1. The number of nitrogens with zero attached hydrogens (tertiary/aromatic N) is 2. The van der Waals surface area contributed by atoms with Crippen molar-refractivity contribution in [3.63, 3.8) is 0 Å². The SMILES string of the molecule is CCCCOc1cnc(C)nc1. The molecule has 0 aliphatic heterocycles. The van der Waals surface area contributed by atoms with Gasteiger partial charge in [-0.05, 0) is 13.3 Å². The predicted molar refractivity (Wildman–Crippen MR) is 47.2 cm³/mol. The highest BCUT2D eigenvalue weighted by Gasteiger charge is 1.93. The molecule has 1 aromatic rings. The van der Waals surface area contributed by atoms with Crippen LogP contribution in [0.15, 0.2) is 12.4 Å². The lowest BCUT2D eigenvalue weighted by Crippen LogP contribution is -1.98. The van der Waals surface area contributed by atoms with Gasteiger partial charge in [0.1, 0.15) is 5.82 Å². The molecule has 0 aliphatic rings. The summed E-state index contributed by atoms with van der Waals surface area (Å²) in [5.41, 5.74) is 0. The molecule has 0 amide bonds. The minimum atomic E-state index is 0.753. The van der Waals surface area contributed by atoms with Crippen LogP contribution in [0.4, 0.5) is 0 Å². The molecule has 12 heavy (non-hydrogen) atoms. The summed E-state index contributed by atoms with van der Waals surface area (Å²) in [6.07, 6.45) is 5.64. The van der Waals surface area contributed by atoms with Crippen molar-refractivity contribution in [1.82, 2.24) is 9.97 Å². The fourth-order valence-electron chi connectivity index (χ4n) is 0.790. The van der Waals surface area contributed by atoms with E-state index in [1.807, 2.05) is 6.92 Å². The standard InChI is InChI=1S/C9H14N2O/c1-3-4-5-12-9-6-10-8(2)11-7-9/h6-7H,3-5H2,1-2H3. The molecule has 0 saturated carbocycles. The van der Waals surface area contributed by atoms with Crippen molar-refractivity contribution in [1.29, 1.82) is 0 Å². The van der Waals surface area contributed by atoms with E-state index in [0.29, 0.717) is 0 Å². The second-order valence-electron chi connectivity index (χ2n) is 2.67. The minimum absolute atomic E-state index is 0.753. The van der Waals surface area contributed by atoms with Crippen LogP contribution < -0.4 is 4.74 Å². The quantitative estimate of drug-likeness (QED) is 0.641. The molecule has 0 radical (unpaired) electrons. The van der Waals surface area contributed by atoms with Gasteiger partial charge in [0.2, 0.25) is 0 Å². The molecule has 0 aliphatic carbocycles. The lowest BCUT2D eigenvalue weighted by Gasteiger charge is -2.03. The monoisotopic (exact) mass is 166 g/mol. The van der Waals surface area contributed by atoms with E-state index < -0.39 is 0 Å². The molecular weight excluding hydrogens is 152 g/mol. The third-order valence-electron chi connectivity index (χ3n) is 1.52. The Hall–Kier alpha value is -1.12. The van der Waals surface area contributed by atoms with E-state index in [1.54, 1.807) is 12.4 Å². The van der Waals surface area contributed by atoms with Gasteiger partial charge in [0.05, 0.1) is 19.0 Å². The van der Waals surface area contributed by atoms with Gasteiger partial charge >= 0.3 is 0 Å². The molecule has 66 valence electrons. The molecule has 0 saturated heterocycles. The van der Waals surface area contributed by atoms with E-state index in [2.05, 4.69) is 16.9 Å². The molecule has 0 N–H and O–H groups in total. The second kappa shape index (κ2) is 4.70. The Bertz CT molecular complexity index is 220. The highest BCUT2D eigenvalue weighted by Crippen LogP contribution is 2.06. The van der Waals surface area contributed by atoms with E-state index in [-0.39, 0.29) is 0 Å². The first-order valence-corrected chi connectivity index (χ1v) is 4.24. The number of unbranched alkanes of at least 4 members (excludes halogenated alkanes) is 1. The van der Waals surface area contributed by atoms with Gasteiger partial charge in [-0.25, -0.2) is 9.97 Å². The van der Waals surface area contributed by atoms with Crippen LogP contribution in [0.1, 0.15) is 25.6 Å². The van der Waals surface area contributed by atoms with Crippen molar-refractivity contribution in [3.8, 4) is 5.75 Å². The molecule has 1 aromatic heterocycles. The maximum absolute atomic E-state index is 5.38. The summed E-state index contributed by atoms with van der Waals surface area (Å²) in [7, 11) is 0. The summed E-state index contributed by atoms with van der Waals surface area (Å²) >= 11 is 0. The number of hydrogen-bond donors (Lipinski definition) is 0. The Kier molecular flexibility index (Phi) is 3.51.